The fourth-order valence-corrected chi connectivity index (χ4v) is 1.83. The Kier molecular flexibility index (Phi) is 3.35. The fraction of sp³-hybridized carbons (Fsp3) is 0.583. The standard InChI is InChI=1S/C12H16N4/c1-16(7-3-6-13)12-8-11(14-9-15-12)10-4-2-5-10/h8-10H,2-5,7H2,1H3. The molecule has 16 heavy (non-hydrogen) atoms. The molecule has 0 aromatic carbocycles. The van der Waals surface area contributed by atoms with Gasteiger partial charge in [0.1, 0.15) is 12.1 Å². The monoisotopic (exact) mass is 216 g/mol. The van der Waals surface area contributed by atoms with Gasteiger partial charge in [0.25, 0.3) is 0 Å². The number of nitrogens with zero attached hydrogens (tertiary/aromatic N) is 4. The predicted octanol–water partition coefficient (Wildman–Crippen LogP) is 2.09. The van der Waals surface area contributed by atoms with Crippen molar-refractivity contribution in [2.75, 3.05) is 18.5 Å². The topological polar surface area (TPSA) is 52.8 Å². The van der Waals surface area contributed by atoms with Crippen LogP contribution >= 0.6 is 0 Å². The molecule has 4 heteroatoms. The molecule has 0 N–H and O–H groups in total. The van der Waals surface area contributed by atoms with E-state index in [0.717, 1.165) is 18.1 Å². The third kappa shape index (κ3) is 2.30. The second kappa shape index (κ2) is 4.93. The minimum Gasteiger partial charge on any atom is -0.359 e. The van der Waals surface area contributed by atoms with Crippen LogP contribution in [0.2, 0.25) is 0 Å². The van der Waals surface area contributed by atoms with Gasteiger partial charge >= 0.3 is 0 Å². The molecule has 0 bridgehead atoms. The predicted molar refractivity (Wildman–Crippen MR) is 62.1 cm³/mol. The molecule has 0 radical (unpaired) electrons. The van der Waals surface area contributed by atoms with Crippen LogP contribution in [0.1, 0.15) is 37.3 Å². The highest BCUT2D eigenvalue weighted by molar-refractivity contribution is 5.39. The second-order valence-electron chi connectivity index (χ2n) is 4.26. The first-order valence-electron chi connectivity index (χ1n) is 5.71. The van der Waals surface area contributed by atoms with Crippen molar-refractivity contribution in [3.8, 4) is 6.07 Å². The molecule has 0 spiro atoms. The number of hydrogen-bond acceptors (Lipinski definition) is 4. The average Bonchev–Trinajstić information content (AvgIpc) is 2.24. The van der Waals surface area contributed by atoms with E-state index in [1.54, 1.807) is 6.33 Å². The van der Waals surface area contributed by atoms with E-state index >= 15 is 0 Å². The number of rotatable bonds is 4. The molecular formula is C12H16N4. The lowest BCUT2D eigenvalue weighted by molar-refractivity contribution is 0.410. The zero-order chi connectivity index (χ0) is 11.4. The van der Waals surface area contributed by atoms with Crippen molar-refractivity contribution in [3.05, 3.63) is 18.1 Å². The summed E-state index contributed by atoms with van der Waals surface area (Å²) in [6.07, 6.45) is 5.97. The van der Waals surface area contributed by atoms with Gasteiger partial charge in [0.05, 0.1) is 12.5 Å². The van der Waals surface area contributed by atoms with E-state index in [1.807, 2.05) is 11.9 Å². The Balaban J connectivity index is 2.06. The van der Waals surface area contributed by atoms with Crippen LogP contribution in [0.15, 0.2) is 12.4 Å². The Morgan fingerprint density at radius 3 is 2.94 bits per heavy atom. The molecule has 2 rings (SSSR count). The van der Waals surface area contributed by atoms with E-state index < -0.39 is 0 Å². The highest BCUT2D eigenvalue weighted by Crippen LogP contribution is 2.35. The zero-order valence-electron chi connectivity index (χ0n) is 9.56. The third-order valence-corrected chi connectivity index (χ3v) is 3.15. The van der Waals surface area contributed by atoms with E-state index in [0.29, 0.717) is 12.3 Å². The first-order valence-corrected chi connectivity index (χ1v) is 5.71. The molecule has 1 aromatic rings. The maximum absolute atomic E-state index is 8.54. The molecule has 4 nitrogen and oxygen atoms in total. The Labute approximate surface area is 95.9 Å². The smallest absolute Gasteiger partial charge is 0.131 e. The molecule has 1 aromatic heterocycles. The van der Waals surface area contributed by atoms with Crippen LogP contribution in [-0.4, -0.2) is 23.6 Å². The summed E-state index contributed by atoms with van der Waals surface area (Å²) in [5.74, 6) is 1.55. The van der Waals surface area contributed by atoms with Crippen LogP contribution in [0.4, 0.5) is 5.82 Å². The quantitative estimate of drug-likeness (QED) is 0.773. The molecule has 0 unspecified atom stereocenters. The van der Waals surface area contributed by atoms with Crippen molar-refractivity contribution in [1.29, 1.82) is 5.26 Å². The van der Waals surface area contributed by atoms with Gasteiger partial charge in [-0.1, -0.05) is 6.42 Å². The van der Waals surface area contributed by atoms with Gasteiger partial charge in [0.2, 0.25) is 0 Å². The van der Waals surface area contributed by atoms with Crippen LogP contribution in [0, 0.1) is 11.3 Å². The minimum atomic E-state index is 0.527. The van der Waals surface area contributed by atoms with Crippen molar-refractivity contribution >= 4 is 5.82 Å². The van der Waals surface area contributed by atoms with E-state index in [1.165, 1.54) is 19.3 Å². The van der Waals surface area contributed by atoms with Crippen molar-refractivity contribution in [1.82, 2.24) is 9.97 Å². The van der Waals surface area contributed by atoms with Crippen LogP contribution < -0.4 is 4.90 Å². The van der Waals surface area contributed by atoms with E-state index in [2.05, 4.69) is 22.1 Å². The molecular weight excluding hydrogens is 200 g/mol. The molecule has 1 aliphatic rings. The van der Waals surface area contributed by atoms with Crippen LogP contribution in [0.3, 0.4) is 0 Å². The number of hydrogen-bond donors (Lipinski definition) is 0. The van der Waals surface area contributed by atoms with Crippen molar-refractivity contribution in [2.24, 2.45) is 0 Å². The Bertz CT molecular complexity index is 392. The van der Waals surface area contributed by atoms with Crippen molar-refractivity contribution < 1.29 is 0 Å². The first kappa shape index (κ1) is 10.9. The summed E-state index contributed by atoms with van der Waals surface area (Å²) in [5, 5.41) is 8.54. The molecule has 84 valence electrons. The van der Waals surface area contributed by atoms with Gasteiger partial charge < -0.3 is 4.90 Å². The zero-order valence-corrected chi connectivity index (χ0v) is 9.56. The molecule has 0 atom stereocenters. The normalized spacial score (nSPS) is 15.2. The highest BCUT2D eigenvalue weighted by Gasteiger charge is 2.21. The largest absolute Gasteiger partial charge is 0.359 e. The van der Waals surface area contributed by atoms with Gasteiger partial charge in [0.15, 0.2) is 0 Å². The number of nitriles is 1. The average molecular weight is 216 g/mol. The lowest BCUT2D eigenvalue weighted by Crippen LogP contribution is -2.20. The molecule has 1 saturated carbocycles. The number of anilines is 1. The van der Waals surface area contributed by atoms with Crippen LogP contribution in [0.25, 0.3) is 0 Å². The summed E-state index contributed by atoms with van der Waals surface area (Å²) in [7, 11) is 1.96. The Morgan fingerprint density at radius 2 is 2.31 bits per heavy atom. The van der Waals surface area contributed by atoms with Crippen LogP contribution in [0.5, 0.6) is 0 Å². The van der Waals surface area contributed by atoms with Gasteiger partial charge in [0, 0.05) is 31.3 Å². The summed E-state index contributed by atoms with van der Waals surface area (Å²) >= 11 is 0. The SMILES string of the molecule is CN(CCC#N)c1cc(C2CCC2)ncn1. The van der Waals surface area contributed by atoms with Crippen LogP contribution in [-0.2, 0) is 0 Å². The van der Waals surface area contributed by atoms with E-state index in [4.69, 9.17) is 5.26 Å². The summed E-state index contributed by atoms with van der Waals surface area (Å²) in [4.78, 5) is 10.6. The molecule has 0 amide bonds. The van der Waals surface area contributed by atoms with Gasteiger partial charge in [-0.15, -0.1) is 0 Å². The van der Waals surface area contributed by atoms with E-state index in [-0.39, 0.29) is 0 Å². The van der Waals surface area contributed by atoms with Gasteiger partial charge in [-0.25, -0.2) is 9.97 Å². The maximum atomic E-state index is 8.54. The van der Waals surface area contributed by atoms with Crippen molar-refractivity contribution in [3.63, 3.8) is 0 Å². The second-order valence-corrected chi connectivity index (χ2v) is 4.26. The Hall–Kier alpha value is -1.63. The molecule has 0 saturated heterocycles. The summed E-state index contributed by atoms with van der Waals surface area (Å²) in [6, 6.07) is 4.20. The summed E-state index contributed by atoms with van der Waals surface area (Å²) in [5.41, 5.74) is 1.15. The lowest BCUT2D eigenvalue weighted by atomic mass is 9.83. The Morgan fingerprint density at radius 1 is 1.50 bits per heavy atom. The third-order valence-electron chi connectivity index (χ3n) is 3.15. The molecule has 1 aliphatic carbocycles. The van der Waals surface area contributed by atoms with Gasteiger partial charge in [-0.05, 0) is 12.8 Å². The summed E-state index contributed by atoms with van der Waals surface area (Å²) in [6.45, 7) is 0.720. The highest BCUT2D eigenvalue weighted by atomic mass is 15.2. The van der Waals surface area contributed by atoms with Gasteiger partial charge in [-0.3, -0.25) is 0 Å². The maximum Gasteiger partial charge on any atom is 0.131 e. The molecule has 1 fully saturated rings. The van der Waals surface area contributed by atoms with Crippen molar-refractivity contribution in [2.45, 2.75) is 31.6 Å². The van der Waals surface area contributed by atoms with E-state index in [9.17, 15) is 0 Å². The summed E-state index contributed by atoms with van der Waals surface area (Å²) < 4.78 is 0. The molecule has 0 aliphatic heterocycles. The fourth-order valence-electron chi connectivity index (χ4n) is 1.83. The van der Waals surface area contributed by atoms with Gasteiger partial charge in [-0.2, -0.15) is 5.26 Å². The molecule has 1 heterocycles. The first-order chi connectivity index (χ1) is 7.81. The minimum absolute atomic E-state index is 0.527. The lowest BCUT2D eigenvalue weighted by Gasteiger charge is -2.25. The number of aromatic nitrogens is 2.